The lowest BCUT2D eigenvalue weighted by molar-refractivity contribution is 0.266. The number of hydrogen-bond donors (Lipinski definition) is 2. The molecule has 1 aliphatic heterocycles. The summed E-state index contributed by atoms with van der Waals surface area (Å²) in [5.74, 6) is 0.0127. The van der Waals surface area contributed by atoms with E-state index in [0.717, 1.165) is 68.1 Å². The molecule has 0 amide bonds. The summed E-state index contributed by atoms with van der Waals surface area (Å²) in [6.07, 6.45) is 4.53. The van der Waals surface area contributed by atoms with Crippen LogP contribution in [-0.2, 0) is 6.42 Å². The van der Waals surface area contributed by atoms with Gasteiger partial charge in [0.15, 0.2) is 0 Å². The molecule has 1 saturated heterocycles. The van der Waals surface area contributed by atoms with Crippen LogP contribution < -0.4 is 11.1 Å². The molecule has 2 fully saturated rings. The fourth-order valence-electron chi connectivity index (χ4n) is 4.60. The molecule has 2 aliphatic rings. The molecule has 0 aromatic heterocycles. The van der Waals surface area contributed by atoms with Crippen LogP contribution in [0.1, 0.15) is 54.9 Å². The van der Waals surface area contributed by atoms with Crippen molar-refractivity contribution in [1.82, 2.24) is 15.1 Å². The molecule has 222 valence electrons. The lowest BCUT2D eigenvalue weighted by Gasteiger charge is -2.25. The van der Waals surface area contributed by atoms with E-state index in [0.29, 0.717) is 12.1 Å². The second-order valence-corrected chi connectivity index (χ2v) is 10.0. The summed E-state index contributed by atoms with van der Waals surface area (Å²) < 4.78 is 14.5. The predicted octanol–water partition coefficient (Wildman–Crippen LogP) is 7.00. The van der Waals surface area contributed by atoms with Gasteiger partial charge >= 0.3 is 0 Å². The van der Waals surface area contributed by atoms with E-state index in [1.165, 1.54) is 12.6 Å². The molecule has 5 nitrogen and oxygen atoms in total. The minimum absolute atomic E-state index is 0.154. The van der Waals surface area contributed by atoms with E-state index >= 15 is 0 Å². The zero-order valence-electron chi connectivity index (χ0n) is 25.7. The van der Waals surface area contributed by atoms with Crippen molar-refractivity contribution in [2.24, 2.45) is 11.1 Å². The summed E-state index contributed by atoms with van der Waals surface area (Å²) >= 11 is 0. The third-order valence-corrected chi connectivity index (χ3v) is 7.36. The highest BCUT2D eigenvalue weighted by Gasteiger charge is 2.42. The molecule has 2 aromatic rings. The van der Waals surface area contributed by atoms with Crippen molar-refractivity contribution in [1.29, 1.82) is 5.26 Å². The van der Waals surface area contributed by atoms with Crippen LogP contribution in [0.3, 0.4) is 0 Å². The Labute approximate surface area is 248 Å². The van der Waals surface area contributed by atoms with Crippen molar-refractivity contribution in [3.63, 3.8) is 0 Å². The summed E-state index contributed by atoms with van der Waals surface area (Å²) in [7, 11) is 1.50. The highest BCUT2D eigenvalue weighted by Crippen LogP contribution is 2.44. The van der Waals surface area contributed by atoms with Gasteiger partial charge in [0, 0.05) is 43.5 Å². The maximum Gasteiger partial charge on any atom is 0.126 e. The van der Waals surface area contributed by atoms with Crippen LogP contribution in [0, 0.1) is 29.5 Å². The first-order valence-electron chi connectivity index (χ1n) is 14.4. The van der Waals surface area contributed by atoms with E-state index < -0.39 is 0 Å². The SMILES string of the molecule is C=C.C=CC(=C)N1CCN(CC(Cc2ccc(C(=C)NCC3(C#N)CC3)cc2)c2ccc(C)c(F)c2)C1.CC.CN. The Kier molecular flexibility index (Phi) is 15.4. The Morgan fingerprint density at radius 3 is 2.29 bits per heavy atom. The summed E-state index contributed by atoms with van der Waals surface area (Å²) in [5, 5.41) is 12.6. The Bertz CT molecular complexity index is 1160. The number of nitrogens with one attached hydrogen (secondary N) is 1. The number of nitriles is 1. The molecule has 6 heteroatoms. The zero-order chi connectivity index (χ0) is 31.0. The van der Waals surface area contributed by atoms with Gasteiger partial charge in [-0.05, 0) is 67.6 Å². The zero-order valence-corrected chi connectivity index (χ0v) is 25.7. The van der Waals surface area contributed by atoms with Crippen molar-refractivity contribution in [3.05, 3.63) is 115 Å². The largest absolute Gasteiger partial charge is 0.383 e. The molecule has 0 radical (unpaired) electrons. The minimum Gasteiger partial charge on any atom is -0.383 e. The van der Waals surface area contributed by atoms with Crippen LogP contribution >= 0.6 is 0 Å². The smallest absolute Gasteiger partial charge is 0.126 e. The van der Waals surface area contributed by atoms with Gasteiger partial charge in [0.25, 0.3) is 0 Å². The van der Waals surface area contributed by atoms with Crippen molar-refractivity contribution in [2.45, 2.75) is 46.0 Å². The van der Waals surface area contributed by atoms with Gasteiger partial charge in [0.2, 0.25) is 0 Å². The van der Waals surface area contributed by atoms with E-state index in [4.69, 9.17) is 0 Å². The monoisotopic (exact) mass is 559 g/mol. The number of rotatable bonds is 11. The van der Waals surface area contributed by atoms with Gasteiger partial charge in [0.05, 0.1) is 18.2 Å². The molecule has 3 N–H and O–H groups in total. The van der Waals surface area contributed by atoms with E-state index in [1.807, 2.05) is 19.9 Å². The van der Waals surface area contributed by atoms with Crippen LogP contribution in [-0.4, -0.2) is 49.7 Å². The Morgan fingerprint density at radius 2 is 1.76 bits per heavy atom. The number of allylic oxidation sites excluding steroid dienone is 1. The van der Waals surface area contributed by atoms with Crippen molar-refractivity contribution in [2.75, 3.05) is 39.9 Å². The molecule has 1 unspecified atom stereocenters. The summed E-state index contributed by atoms with van der Waals surface area (Å²) in [6, 6.07) is 16.5. The normalized spacial score (nSPS) is 15.3. The van der Waals surface area contributed by atoms with Crippen LogP contribution in [0.4, 0.5) is 4.39 Å². The first kappa shape index (κ1) is 35.4. The average molecular weight is 560 g/mol. The Morgan fingerprint density at radius 1 is 1.12 bits per heavy atom. The highest BCUT2D eigenvalue weighted by atomic mass is 19.1. The van der Waals surface area contributed by atoms with Gasteiger partial charge < -0.3 is 16.0 Å². The molecule has 2 aromatic carbocycles. The fourth-order valence-corrected chi connectivity index (χ4v) is 4.60. The van der Waals surface area contributed by atoms with E-state index in [2.05, 4.69) is 90.1 Å². The van der Waals surface area contributed by atoms with Gasteiger partial charge in [-0.15, -0.1) is 13.2 Å². The summed E-state index contributed by atoms with van der Waals surface area (Å²) in [4.78, 5) is 4.63. The summed E-state index contributed by atoms with van der Waals surface area (Å²) in [5.41, 5.74) is 10.0. The molecule has 0 spiro atoms. The second-order valence-electron chi connectivity index (χ2n) is 10.0. The summed E-state index contributed by atoms with van der Waals surface area (Å²) in [6.45, 7) is 28.0. The first-order valence-corrected chi connectivity index (χ1v) is 14.4. The van der Waals surface area contributed by atoms with E-state index in [1.54, 1.807) is 19.1 Å². The van der Waals surface area contributed by atoms with Crippen LogP contribution in [0.15, 0.2) is 87.1 Å². The highest BCUT2D eigenvalue weighted by molar-refractivity contribution is 5.62. The number of benzene rings is 2. The third kappa shape index (κ3) is 10.4. The standard InChI is InChI=1S/C30H35FN4.C2H6.C2H4.CH5N/c1-5-23(3)35-15-14-34(21-35)18-28(27-9-6-22(2)29(31)17-27)16-25-7-10-26(11-8-25)24(4)33-20-30(19-32)12-13-30;3*1-2/h5-11,17,28,33H,1,3-4,12-16,18,20-21H2,2H3;1-2H3;1-2H2;2H2,1H3. The Hall–Kier alpha value is -3.66. The van der Waals surface area contributed by atoms with Crippen molar-refractivity contribution < 1.29 is 4.39 Å². The van der Waals surface area contributed by atoms with Crippen LogP contribution in [0.25, 0.3) is 5.70 Å². The van der Waals surface area contributed by atoms with Crippen LogP contribution in [0.2, 0.25) is 0 Å². The van der Waals surface area contributed by atoms with Gasteiger partial charge in [0.1, 0.15) is 5.82 Å². The number of aryl methyl sites for hydroxylation is 1. The average Bonchev–Trinajstić information content (AvgIpc) is 3.67. The van der Waals surface area contributed by atoms with Crippen LogP contribution in [0.5, 0.6) is 0 Å². The van der Waals surface area contributed by atoms with Gasteiger partial charge in [-0.1, -0.05) is 70.0 Å². The first-order chi connectivity index (χ1) is 19.8. The molecule has 4 rings (SSSR count). The second kappa shape index (κ2) is 17.9. The fraction of sp³-hybridized carbons (Fsp3) is 0.400. The number of halogens is 1. The van der Waals surface area contributed by atoms with Crippen molar-refractivity contribution >= 4 is 5.70 Å². The number of nitrogens with zero attached hydrogens (tertiary/aromatic N) is 3. The topological polar surface area (TPSA) is 68.3 Å². The lowest BCUT2D eigenvalue weighted by Crippen LogP contribution is -2.29. The quantitative estimate of drug-likeness (QED) is 0.229. The predicted molar refractivity (Wildman–Crippen MR) is 174 cm³/mol. The lowest BCUT2D eigenvalue weighted by atomic mass is 9.90. The van der Waals surface area contributed by atoms with Gasteiger partial charge in [-0.25, -0.2) is 4.39 Å². The molecule has 0 bridgehead atoms. The van der Waals surface area contributed by atoms with E-state index in [-0.39, 0.29) is 17.2 Å². The molecule has 1 heterocycles. The van der Waals surface area contributed by atoms with Gasteiger partial charge in [-0.2, -0.15) is 5.26 Å². The Balaban J connectivity index is 0.00000131. The minimum atomic E-state index is -0.206. The molecule has 1 atom stereocenters. The maximum atomic E-state index is 14.5. The third-order valence-electron chi connectivity index (χ3n) is 7.36. The molecule has 41 heavy (non-hydrogen) atoms. The van der Waals surface area contributed by atoms with Crippen molar-refractivity contribution in [3.8, 4) is 6.07 Å². The number of nitrogens with two attached hydrogens (primary N) is 1. The number of hydrogen-bond acceptors (Lipinski definition) is 5. The molecule has 1 aliphatic carbocycles. The molecular weight excluding hydrogens is 509 g/mol. The molecular formula is C35H50FN5. The van der Waals surface area contributed by atoms with Gasteiger partial charge in [-0.3, -0.25) is 4.90 Å². The molecule has 1 saturated carbocycles. The van der Waals surface area contributed by atoms with E-state index in [9.17, 15) is 9.65 Å². The maximum absolute atomic E-state index is 14.5.